The van der Waals surface area contributed by atoms with Crippen LogP contribution in [0.3, 0.4) is 0 Å². The second-order valence-electron chi connectivity index (χ2n) is 3.88. The third kappa shape index (κ3) is 2.74. The van der Waals surface area contributed by atoms with E-state index in [1.54, 1.807) is 13.0 Å². The van der Waals surface area contributed by atoms with Gasteiger partial charge in [0.05, 0.1) is 5.56 Å². The summed E-state index contributed by atoms with van der Waals surface area (Å²) >= 11 is 0. The Balaban J connectivity index is 3.09. The van der Waals surface area contributed by atoms with E-state index in [9.17, 15) is 13.2 Å². The van der Waals surface area contributed by atoms with Crippen molar-refractivity contribution in [2.75, 3.05) is 0 Å². The Morgan fingerprint density at radius 1 is 1.27 bits per heavy atom. The fourth-order valence-electron chi connectivity index (χ4n) is 1.62. The first-order chi connectivity index (χ1) is 6.86. The lowest BCUT2D eigenvalue weighted by molar-refractivity contribution is -0.137. The van der Waals surface area contributed by atoms with Gasteiger partial charge < -0.3 is 0 Å². The molecule has 15 heavy (non-hydrogen) atoms. The van der Waals surface area contributed by atoms with Gasteiger partial charge in [0.2, 0.25) is 0 Å². The Kier molecular flexibility index (Phi) is 3.42. The fraction of sp³-hybridized carbons (Fsp3) is 0.500. The summed E-state index contributed by atoms with van der Waals surface area (Å²) in [5, 5.41) is 0. The molecule has 0 heterocycles. The van der Waals surface area contributed by atoms with Gasteiger partial charge in [-0.25, -0.2) is 0 Å². The van der Waals surface area contributed by atoms with Gasteiger partial charge >= 0.3 is 6.18 Å². The number of alkyl halides is 3. The second-order valence-corrected chi connectivity index (χ2v) is 3.88. The highest BCUT2D eigenvalue weighted by atomic mass is 19.4. The van der Waals surface area contributed by atoms with Crippen molar-refractivity contribution in [3.05, 3.63) is 34.9 Å². The van der Waals surface area contributed by atoms with E-state index in [1.165, 1.54) is 6.07 Å². The third-order valence-electron chi connectivity index (χ3n) is 2.74. The molecule has 0 spiro atoms. The topological polar surface area (TPSA) is 0 Å². The molecule has 0 aliphatic heterocycles. The maximum atomic E-state index is 12.4. The number of halogens is 3. The Labute approximate surface area is 88.1 Å². The van der Waals surface area contributed by atoms with Crippen LogP contribution in [0.25, 0.3) is 0 Å². The van der Waals surface area contributed by atoms with Crippen molar-refractivity contribution >= 4 is 0 Å². The molecule has 1 aromatic carbocycles. The molecule has 0 bridgehead atoms. The largest absolute Gasteiger partial charge is 0.416 e. The van der Waals surface area contributed by atoms with Crippen molar-refractivity contribution < 1.29 is 13.2 Å². The van der Waals surface area contributed by atoms with Gasteiger partial charge in [0.1, 0.15) is 0 Å². The minimum atomic E-state index is -4.24. The molecule has 1 unspecified atom stereocenters. The number of benzene rings is 1. The number of hydrogen-bond acceptors (Lipinski definition) is 0. The molecule has 1 aromatic rings. The first-order valence-corrected chi connectivity index (χ1v) is 5.04. The van der Waals surface area contributed by atoms with Crippen molar-refractivity contribution in [3.8, 4) is 0 Å². The number of rotatable bonds is 2. The molecule has 0 N–H and O–H groups in total. The SMILES string of the molecule is CCC(C)c1ccc(C(F)(F)F)cc1C. The Morgan fingerprint density at radius 3 is 2.27 bits per heavy atom. The highest BCUT2D eigenvalue weighted by Gasteiger charge is 2.30. The maximum Gasteiger partial charge on any atom is 0.416 e. The molecular formula is C12H15F3. The van der Waals surface area contributed by atoms with E-state index in [-0.39, 0.29) is 0 Å². The quantitative estimate of drug-likeness (QED) is 0.681. The van der Waals surface area contributed by atoms with Crippen LogP contribution in [0.15, 0.2) is 18.2 Å². The van der Waals surface area contributed by atoms with Crippen LogP contribution >= 0.6 is 0 Å². The van der Waals surface area contributed by atoms with Crippen LogP contribution in [0.1, 0.15) is 42.9 Å². The van der Waals surface area contributed by atoms with E-state index >= 15 is 0 Å². The molecule has 0 aliphatic rings. The third-order valence-corrected chi connectivity index (χ3v) is 2.74. The molecule has 0 nitrogen and oxygen atoms in total. The molecule has 1 rings (SSSR count). The molecule has 0 saturated heterocycles. The Bertz CT molecular complexity index is 339. The minimum absolute atomic E-state index is 0.312. The van der Waals surface area contributed by atoms with Crippen LogP contribution in [0.2, 0.25) is 0 Å². The van der Waals surface area contributed by atoms with E-state index in [2.05, 4.69) is 0 Å². The summed E-state index contributed by atoms with van der Waals surface area (Å²) in [4.78, 5) is 0. The molecule has 3 heteroatoms. The van der Waals surface area contributed by atoms with Crippen molar-refractivity contribution in [1.29, 1.82) is 0 Å². The zero-order chi connectivity index (χ0) is 11.6. The highest BCUT2D eigenvalue weighted by Crippen LogP contribution is 2.32. The summed E-state index contributed by atoms with van der Waals surface area (Å²) in [5.41, 5.74) is 1.16. The Hall–Kier alpha value is -0.990. The maximum absolute atomic E-state index is 12.4. The van der Waals surface area contributed by atoms with Gasteiger partial charge in [0.25, 0.3) is 0 Å². The average Bonchev–Trinajstić information content (AvgIpc) is 2.15. The minimum Gasteiger partial charge on any atom is -0.166 e. The number of aryl methyl sites for hydroxylation is 1. The van der Waals surface area contributed by atoms with Gasteiger partial charge in [-0.15, -0.1) is 0 Å². The lowest BCUT2D eigenvalue weighted by Crippen LogP contribution is -2.06. The van der Waals surface area contributed by atoms with Crippen LogP contribution < -0.4 is 0 Å². The van der Waals surface area contributed by atoms with E-state index in [0.29, 0.717) is 5.92 Å². The highest BCUT2D eigenvalue weighted by molar-refractivity contribution is 5.34. The van der Waals surface area contributed by atoms with E-state index in [1.807, 2.05) is 13.8 Å². The van der Waals surface area contributed by atoms with Crippen molar-refractivity contribution in [1.82, 2.24) is 0 Å². The summed E-state index contributed by atoms with van der Waals surface area (Å²) in [6, 6.07) is 3.97. The van der Waals surface area contributed by atoms with Gasteiger partial charge in [-0.05, 0) is 42.5 Å². The molecule has 84 valence electrons. The zero-order valence-electron chi connectivity index (χ0n) is 9.15. The summed E-state index contributed by atoms with van der Waals surface area (Å²) in [6.45, 7) is 5.79. The molecule has 0 fully saturated rings. The fourth-order valence-corrected chi connectivity index (χ4v) is 1.62. The van der Waals surface area contributed by atoms with Crippen LogP contribution in [0, 0.1) is 6.92 Å². The van der Waals surface area contributed by atoms with Gasteiger partial charge in [-0.2, -0.15) is 13.2 Å². The predicted molar refractivity (Wildman–Crippen MR) is 54.9 cm³/mol. The summed E-state index contributed by atoms with van der Waals surface area (Å²) in [7, 11) is 0. The molecule has 0 radical (unpaired) electrons. The lowest BCUT2D eigenvalue weighted by Gasteiger charge is -2.15. The molecule has 1 atom stereocenters. The monoisotopic (exact) mass is 216 g/mol. The van der Waals surface area contributed by atoms with Crippen LogP contribution in [0.4, 0.5) is 13.2 Å². The summed E-state index contributed by atoms with van der Waals surface area (Å²) < 4.78 is 37.1. The van der Waals surface area contributed by atoms with Crippen molar-refractivity contribution in [3.63, 3.8) is 0 Å². The van der Waals surface area contributed by atoms with Gasteiger partial charge in [-0.3, -0.25) is 0 Å². The van der Waals surface area contributed by atoms with Gasteiger partial charge in [0, 0.05) is 0 Å². The van der Waals surface area contributed by atoms with Crippen LogP contribution in [-0.2, 0) is 6.18 Å². The Morgan fingerprint density at radius 2 is 1.87 bits per heavy atom. The molecule has 0 aromatic heterocycles. The van der Waals surface area contributed by atoms with E-state index in [4.69, 9.17) is 0 Å². The molecule has 0 saturated carbocycles. The smallest absolute Gasteiger partial charge is 0.166 e. The van der Waals surface area contributed by atoms with Gasteiger partial charge in [0.15, 0.2) is 0 Å². The molecule has 0 aliphatic carbocycles. The second kappa shape index (κ2) is 4.25. The van der Waals surface area contributed by atoms with Crippen LogP contribution in [0.5, 0.6) is 0 Å². The number of hydrogen-bond donors (Lipinski definition) is 0. The van der Waals surface area contributed by atoms with E-state index in [0.717, 1.165) is 23.6 Å². The summed E-state index contributed by atoms with van der Waals surface area (Å²) in [6.07, 6.45) is -3.30. The first kappa shape index (κ1) is 12.1. The van der Waals surface area contributed by atoms with Crippen molar-refractivity contribution in [2.45, 2.75) is 39.3 Å². The molecular weight excluding hydrogens is 201 g/mol. The van der Waals surface area contributed by atoms with Gasteiger partial charge in [-0.1, -0.05) is 19.9 Å². The predicted octanol–water partition coefficient (Wildman–Crippen LogP) is 4.53. The first-order valence-electron chi connectivity index (χ1n) is 5.04. The van der Waals surface area contributed by atoms with E-state index < -0.39 is 11.7 Å². The lowest BCUT2D eigenvalue weighted by atomic mass is 9.93. The van der Waals surface area contributed by atoms with Crippen molar-refractivity contribution in [2.24, 2.45) is 0 Å². The average molecular weight is 216 g/mol. The normalized spacial score (nSPS) is 14.0. The standard InChI is InChI=1S/C12H15F3/c1-4-8(2)11-6-5-10(7-9(11)3)12(13,14)15/h5-8H,4H2,1-3H3. The summed E-state index contributed by atoms with van der Waals surface area (Å²) in [5.74, 6) is 0.312. The molecule has 0 amide bonds. The van der Waals surface area contributed by atoms with Crippen LogP contribution in [-0.4, -0.2) is 0 Å². The zero-order valence-corrected chi connectivity index (χ0v) is 9.15.